The molecule has 0 bridgehead atoms. The number of carbonyl (C=O) groups is 1. The number of alkyl halides is 3. The van der Waals surface area contributed by atoms with Crippen molar-refractivity contribution in [1.29, 1.82) is 0 Å². The molecule has 0 spiro atoms. The minimum Gasteiger partial charge on any atom is -0.409 e. The van der Waals surface area contributed by atoms with Crippen LogP contribution in [0.1, 0.15) is 6.42 Å². The van der Waals surface area contributed by atoms with Crippen LogP contribution < -0.4 is 11.1 Å². The van der Waals surface area contributed by atoms with Crippen LogP contribution in [-0.2, 0) is 9.53 Å². The van der Waals surface area contributed by atoms with E-state index >= 15 is 0 Å². The number of hydrogen-bond donors (Lipinski definition) is 3. The first-order valence-electron chi connectivity index (χ1n) is 4.22. The molecule has 94 valence electrons. The third kappa shape index (κ3) is 9.06. The van der Waals surface area contributed by atoms with Crippen molar-refractivity contribution in [3.8, 4) is 0 Å². The molecule has 0 saturated carbocycles. The average Bonchev–Trinajstić information content (AvgIpc) is 2.19. The normalized spacial score (nSPS) is 12.6. The Balaban J connectivity index is 3.52. The largest absolute Gasteiger partial charge is 0.411 e. The smallest absolute Gasteiger partial charge is 0.409 e. The average molecular weight is 243 g/mol. The van der Waals surface area contributed by atoms with Crippen LogP contribution >= 0.6 is 0 Å². The fourth-order valence-electron chi connectivity index (χ4n) is 0.666. The number of rotatable bonds is 6. The molecule has 1 amide bonds. The van der Waals surface area contributed by atoms with E-state index in [4.69, 9.17) is 10.9 Å². The molecule has 0 heterocycles. The second kappa shape index (κ2) is 6.88. The Labute approximate surface area is 89.2 Å². The van der Waals surface area contributed by atoms with Crippen molar-refractivity contribution in [3.05, 3.63) is 0 Å². The van der Waals surface area contributed by atoms with Gasteiger partial charge in [0.05, 0.1) is 13.2 Å². The van der Waals surface area contributed by atoms with E-state index in [-0.39, 0.29) is 25.4 Å². The summed E-state index contributed by atoms with van der Waals surface area (Å²) in [4.78, 5) is 10.9. The third-order valence-electron chi connectivity index (χ3n) is 1.33. The van der Waals surface area contributed by atoms with Gasteiger partial charge in [0, 0.05) is 6.42 Å². The molecule has 9 heteroatoms. The SMILES string of the molecule is NC(CNC(=O)CCOCC(F)(F)F)=NO. The Morgan fingerprint density at radius 2 is 2.12 bits per heavy atom. The van der Waals surface area contributed by atoms with Gasteiger partial charge in [0.25, 0.3) is 0 Å². The minimum absolute atomic E-state index is 0.172. The number of nitrogens with zero attached hydrogens (tertiary/aromatic N) is 1. The second-order valence-corrected chi connectivity index (χ2v) is 2.79. The molecule has 0 radical (unpaired) electrons. The Hall–Kier alpha value is -1.51. The Kier molecular flexibility index (Phi) is 6.23. The number of nitrogens with one attached hydrogen (secondary N) is 1. The monoisotopic (exact) mass is 243 g/mol. The van der Waals surface area contributed by atoms with E-state index in [1.165, 1.54) is 0 Å². The predicted octanol–water partition coefficient (Wildman–Crippen LogP) is -0.182. The zero-order valence-electron chi connectivity index (χ0n) is 8.25. The van der Waals surface area contributed by atoms with E-state index in [0.717, 1.165) is 0 Å². The number of halogens is 3. The molecule has 0 aromatic heterocycles. The van der Waals surface area contributed by atoms with Gasteiger partial charge < -0.3 is 21.0 Å². The van der Waals surface area contributed by atoms with Crippen LogP contribution in [0.2, 0.25) is 0 Å². The second-order valence-electron chi connectivity index (χ2n) is 2.79. The van der Waals surface area contributed by atoms with Crippen molar-refractivity contribution in [2.45, 2.75) is 12.6 Å². The maximum Gasteiger partial charge on any atom is 0.411 e. The molecule has 0 aromatic carbocycles. The lowest BCUT2D eigenvalue weighted by Crippen LogP contribution is -2.34. The molecule has 0 aliphatic rings. The summed E-state index contributed by atoms with van der Waals surface area (Å²) in [6, 6.07) is 0. The van der Waals surface area contributed by atoms with Gasteiger partial charge in [0.1, 0.15) is 6.61 Å². The molecule has 4 N–H and O–H groups in total. The number of oxime groups is 1. The summed E-state index contributed by atoms with van der Waals surface area (Å²) >= 11 is 0. The van der Waals surface area contributed by atoms with E-state index in [2.05, 4.69) is 15.2 Å². The molecule has 16 heavy (non-hydrogen) atoms. The predicted molar refractivity (Wildman–Crippen MR) is 47.9 cm³/mol. The van der Waals surface area contributed by atoms with Crippen molar-refractivity contribution >= 4 is 11.7 Å². The fourth-order valence-corrected chi connectivity index (χ4v) is 0.666. The number of amides is 1. The highest BCUT2D eigenvalue weighted by Gasteiger charge is 2.27. The first kappa shape index (κ1) is 14.5. The number of hydrogen-bond acceptors (Lipinski definition) is 4. The van der Waals surface area contributed by atoms with E-state index in [9.17, 15) is 18.0 Å². The molecule has 0 aromatic rings. The van der Waals surface area contributed by atoms with Gasteiger partial charge in [0.15, 0.2) is 5.84 Å². The Morgan fingerprint density at radius 3 is 2.62 bits per heavy atom. The summed E-state index contributed by atoms with van der Waals surface area (Å²) in [7, 11) is 0. The van der Waals surface area contributed by atoms with Crippen LogP contribution in [0.15, 0.2) is 5.16 Å². The molecular weight excluding hydrogens is 231 g/mol. The van der Waals surface area contributed by atoms with Crippen LogP contribution in [0.4, 0.5) is 13.2 Å². The van der Waals surface area contributed by atoms with Gasteiger partial charge >= 0.3 is 6.18 Å². The van der Waals surface area contributed by atoms with Crippen LogP contribution in [0, 0.1) is 0 Å². The highest BCUT2D eigenvalue weighted by molar-refractivity contribution is 5.86. The molecule has 6 nitrogen and oxygen atoms in total. The Morgan fingerprint density at radius 1 is 1.50 bits per heavy atom. The van der Waals surface area contributed by atoms with Gasteiger partial charge in [-0.15, -0.1) is 0 Å². The first-order valence-corrected chi connectivity index (χ1v) is 4.22. The van der Waals surface area contributed by atoms with E-state index in [0.29, 0.717) is 0 Å². The van der Waals surface area contributed by atoms with Crippen molar-refractivity contribution in [1.82, 2.24) is 5.32 Å². The van der Waals surface area contributed by atoms with Gasteiger partial charge in [-0.3, -0.25) is 4.79 Å². The molecule has 0 unspecified atom stereocenters. The highest BCUT2D eigenvalue weighted by Crippen LogP contribution is 2.14. The first-order chi connectivity index (χ1) is 7.35. The molecule has 0 atom stereocenters. The lowest BCUT2D eigenvalue weighted by Gasteiger charge is -2.07. The zero-order chi connectivity index (χ0) is 12.6. The van der Waals surface area contributed by atoms with Gasteiger partial charge in [-0.05, 0) is 0 Å². The lowest BCUT2D eigenvalue weighted by atomic mass is 10.4. The van der Waals surface area contributed by atoms with Crippen molar-refractivity contribution in [2.24, 2.45) is 10.9 Å². The molecule has 0 aliphatic heterocycles. The summed E-state index contributed by atoms with van der Waals surface area (Å²) in [6.07, 6.45) is -4.63. The van der Waals surface area contributed by atoms with Crippen molar-refractivity contribution < 1.29 is 27.9 Å². The number of carbonyl (C=O) groups excluding carboxylic acids is 1. The standard InChI is InChI=1S/C7H12F3N3O3/c8-7(9,10)4-16-2-1-6(14)12-3-5(11)13-15/h15H,1-4H2,(H2,11,13)(H,12,14). The number of ether oxygens (including phenoxy) is 1. The van der Waals surface area contributed by atoms with E-state index < -0.39 is 18.7 Å². The topological polar surface area (TPSA) is 96.9 Å². The van der Waals surface area contributed by atoms with E-state index in [1.807, 2.05) is 0 Å². The molecule has 0 rings (SSSR count). The molecule has 0 aliphatic carbocycles. The quantitative estimate of drug-likeness (QED) is 0.198. The van der Waals surface area contributed by atoms with Gasteiger partial charge in [-0.25, -0.2) is 0 Å². The Bertz CT molecular complexity index is 255. The van der Waals surface area contributed by atoms with Crippen LogP contribution in [0.3, 0.4) is 0 Å². The zero-order valence-corrected chi connectivity index (χ0v) is 8.25. The highest BCUT2D eigenvalue weighted by atomic mass is 19.4. The molecular formula is C7H12F3N3O3. The van der Waals surface area contributed by atoms with Crippen molar-refractivity contribution in [2.75, 3.05) is 19.8 Å². The summed E-state index contributed by atoms with van der Waals surface area (Å²) < 4.78 is 39.0. The third-order valence-corrected chi connectivity index (χ3v) is 1.33. The van der Waals surface area contributed by atoms with Gasteiger partial charge in [0.2, 0.25) is 5.91 Å². The number of nitrogens with two attached hydrogens (primary N) is 1. The van der Waals surface area contributed by atoms with E-state index in [1.54, 1.807) is 0 Å². The lowest BCUT2D eigenvalue weighted by molar-refractivity contribution is -0.174. The van der Waals surface area contributed by atoms with Gasteiger partial charge in [-0.2, -0.15) is 13.2 Å². The minimum atomic E-state index is -4.40. The fraction of sp³-hybridized carbons (Fsp3) is 0.714. The number of amidine groups is 1. The van der Waals surface area contributed by atoms with Crippen LogP contribution in [0.5, 0.6) is 0 Å². The van der Waals surface area contributed by atoms with Gasteiger partial charge in [-0.1, -0.05) is 5.16 Å². The molecule has 0 saturated heterocycles. The molecule has 0 fully saturated rings. The van der Waals surface area contributed by atoms with Crippen LogP contribution in [0.25, 0.3) is 0 Å². The summed E-state index contributed by atoms with van der Waals surface area (Å²) in [5.41, 5.74) is 5.04. The van der Waals surface area contributed by atoms with Crippen LogP contribution in [-0.4, -0.2) is 42.9 Å². The maximum absolute atomic E-state index is 11.6. The summed E-state index contributed by atoms with van der Waals surface area (Å²) in [5.74, 6) is -0.752. The van der Waals surface area contributed by atoms with Crippen molar-refractivity contribution in [3.63, 3.8) is 0 Å². The summed E-state index contributed by atoms with van der Waals surface area (Å²) in [5, 5.41) is 12.9. The summed E-state index contributed by atoms with van der Waals surface area (Å²) in [6.45, 7) is -1.91. The maximum atomic E-state index is 11.6.